The third-order valence-electron chi connectivity index (χ3n) is 2.45. The number of hydrogen-bond acceptors (Lipinski definition) is 0. The normalized spacial score (nSPS) is 8.32. The Morgan fingerprint density at radius 3 is 1.26 bits per heavy atom. The third-order valence-corrected chi connectivity index (χ3v) is 4.93. The second-order valence-corrected chi connectivity index (χ2v) is 5.94. The molecular weight excluding hydrogens is 408 g/mol. The van der Waals surface area contributed by atoms with Gasteiger partial charge in [0, 0.05) is 0 Å². The molecule has 2 aromatic carbocycles. The monoisotopic (exact) mass is 422 g/mol. The molecule has 106 valence electrons. The van der Waals surface area contributed by atoms with Crippen molar-refractivity contribution in [3.05, 3.63) is 60.7 Å². The van der Waals surface area contributed by atoms with Gasteiger partial charge in [0.2, 0.25) is 0 Å². The maximum atomic E-state index is 2.27. The molecular formula is C14H15Cl3PRh. The van der Waals surface area contributed by atoms with Gasteiger partial charge in [-0.25, -0.2) is 0 Å². The molecule has 0 fully saturated rings. The fourth-order valence-electron chi connectivity index (χ4n) is 1.73. The van der Waals surface area contributed by atoms with E-state index in [4.69, 9.17) is 0 Å². The summed E-state index contributed by atoms with van der Waals surface area (Å²) in [6, 6.07) is 21.6. The van der Waals surface area contributed by atoms with Gasteiger partial charge in [-0.05, 0) is 24.7 Å². The summed E-state index contributed by atoms with van der Waals surface area (Å²) >= 11 is 0. The Kier molecular flexibility index (Phi) is 17.1. The van der Waals surface area contributed by atoms with E-state index in [0.29, 0.717) is 0 Å². The van der Waals surface area contributed by atoms with Crippen LogP contribution in [0.1, 0.15) is 6.92 Å². The number of hydrogen-bond donors (Lipinski definition) is 0. The Bertz CT molecular complexity index is 372. The van der Waals surface area contributed by atoms with Crippen LogP contribution in [-0.4, -0.2) is 6.16 Å². The molecule has 0 atom stereocenters. The smallest absolute Gasteiger partial charge is 1.00 e. The maximum absolute atomic E-state index is 2.27. The fourth-order valence-corrected chi connectivity index (χ4v) is 3.82. The Labute approximate surface area is 148 Å². The van der Waals surface area contributed by atoms with Gasteiger partial charge in [-0.3, -0.25) is 0 Å². The molecule has 2 rings (SSSR count). The van der Waals surface area contributed by atoms with E-state index < -0.39 is 0 Å². The standard InChI is InChI=1S/C14H15P.3ClH.Rh/c1-2-15(13-9-5-3-6-10-13)14-11-7-4-8-12-14;;;;/h3-12H,2H2,1H3;3*1H;/q;;;;+3/p-3. The number of rotatable bonds is 3. The van der Waals surface area contributed by atoms with Gasteiger partial charge >= 0.3 is 19.5 Å². The van der Waals surface area contributed by atoms with Gasteiger partial charge in [-0.15, -0.1) is 0 Å². The minimum absolute atomic E-state index is 0. The quantitative estimate of drug-likeness (QED) is 0.341. The molecule has 0 saturated carbocycles. The van der Waals surface area contributed by atoms with Crippen LogP contribution in [0.4, 0.5) is 0 Å². The molecule has 0 aliphatic rings. The Morgan fingerprint density at radius 1 is 0.684 bits per heavy atom. The van der Waals surface area contributed by atoms with Crippen LogP contribution in [0.25, 0.3) is 0 Å². The summed E-state index contributed by atoms with van der Waals surface area (Å²) in [7, 11) is -0.149. The topological polar surface area (TPSA) is 0 Å². The van der Waals surface area contributed by atoms with Crippen LogP contribution in [0, 0.1) is 0 Å². The third kappa shape index (κ3) is 7.07. The molecule has 0 aliphatic carbocycles. The molecule has 0 spiro atoms. The molecule has 0 nitrogen and oxygen atoms in total. The van der Waals surface area contributed by atoms with E-state index in [1.165, 1.54) is 16.8 Å². The van der Waals surface area contributed by atoms with Crippen molar-refractivity contribution in [2.75, 3.05) is 6.16 Å². The average molecular weight is 424 g/mol. The predicted octanol–water partition coefficient (Wildman–Crippen LogP) is -5.85. The summed E-state index contributed by atoms with van der Waals surface area (Å²) in [6.07, 6.45) is 1.21. The van der Waals surface area contributed by atoms with Crippen LogP contribution in [0.15, 0.2) is 60.7 Å². The predicted molar refractivity (Wildman–Crippen MR) is 69.6 cm³/mol. The molecule has 0 radical (unpaired) electrons. The van der Waals surface area contributed by atoms with Crippen LogP contribution in [0.5, 0.6) is 0 Å². The van der Waals surface area contributed by atoms with E-state index in [9.17, 15) is 0 Å². The molecule has 0 saturated heterocycles. The fraction of sp³-hybridized carbons (Fsp3) is 0.143. The molecule has 2 aromatic rings. The average Bonchev–Trinajstić information content (AvgIpc) is 2.33. The van der Waals surface area contributed by atoms with E-state index in [0.717, 1.165) is 0 Å². The summed E-state index contributed by atoms with van der Waals surface area (Å²) < 4.78 is 0. The van der Waals surface area contributed by atoms with E-state index in [2.05, 4.69) is 67.6 Å². The van der Waals surface area contributed by atoms with Crippen molar-refractivity contribution in [2.24, 2.45) is 0 Å². The van der Waals surface area contributed by atoms with Crippen LogP contribution >= 0.6 is 7.92 Å². The van der Waals surface area contributed by atoms with Crippen molar-refractivity contribution in [3.63, 3.8) is 0 Å². The first-order valence-electron chi connectivity index (χ1n) is 5.29. The second kappa shape index (κ2) is 13.4. The van der Waals surface area contributed by atoms with Crippen molar-refractivity contribution in [1.82, 2.24) is 0 Å². The molecule has 19 heavy (non-hydrogen) atoms. The van der Waals surface area contributed by atoms with Crippen LogP contribution in [-0.2, 0) is 19.5 Å². The van der Waals surface area contributed by atoms with Gasteiger partial charge < -0.3 is 37.2 Å². The van der Waals surface area contributed by atoms with Crippen molar-refractivity contribution in [2.45, 2.75) is 6.92 Å². The zero-order valence-electron chi connectivity index (χ0n) is 10.4. The summed E-state index contributed by atoms with van der Waals surface area (Å²) in [4.78, 5) is 0. The molecule has 0 aliphatic heterocycles. The first-order chi connectivity index (χ1) is 7.42. The zero-order chi connectivity index (χ0) is 10.5. The van der Waals surface area contributed by atoms with E-state index >= 15 is 0 Å². The number of benzene rings is 2. The Balaban J connectivity index is -0.000000640. The molecule has 0 amide bonds. The van der Waals surface area contributed by atoms with Gasteiger partial charge in [0.05, 0.1) is 0 Å². The minimum atomic E-state index is -0.149. The molecule has 0 unspecified atom stereocenters. The molecule has 0 N–H and O–H groups in total. The van der Waals surface area contributed by atoms with Crippen LogP contribution in [0.2, 0.25) is 0 Å². The maximum Gasteiger partial charge on any atom is 3.00 e. The molecule has 0 aromatic heterocycles. The van der Waals surface area contributed by atoms with Crippen LogP contribution in [0.3, 0.4) is 0 Å². The van der Waals surface area contributed by atoms with Crippen molar-refractivity contribution in [1.29, 1.82) is 0 Å². The minimum Gasteiger partial charge on any atom is -1.00 e. The Hall–Kier alpha value is 0.363. The molecule has 0 heterocycles. The summed E-state index contributed by atoms with van der Waals surface area (Å²) in [5, 5.41) is 2.95. The Morgan fingerprint density at radius 2 is 1.00 bits per heavy atom. The zero-order valence-corrected chi connectivity index (χ0v) is 15.2. The van der Waals surface area contributed by atoms with Gasteiger partial charge in [0.1, 0.15) is 0 Å². The number of halogens is 3. The van der Waals surface area contributed by atoms with Crippen molar-refractivity contribution >= 4 is 18.5 Å². The molecule has 0 bridgehead atoms. The van der Waals surface area contributed by atoms with Crippen molar-refractivity contribution in [3.8, 4) is 0 Å². The van der Waals surface area contributed by atoms with E-state index in [1.807, 2.05) is 0 Å². The van der Waals surface area contributed by atoms with Gasteiger partial charge in [0.15, 0.2) is 0 Å². The van der Waals surface area contributed by atoms with E-state index in [-0.39, 0.29) is 64.6 Å². The summed E-state index contributed by atoms with van der Waals surface area (Å²) in [5.41, 5.74) is 0. The molecule has 5 heteroatoms. The first-order valence-corrected chi connectivity index (χ1v) is 6.82. The van der Waals surface area contributed by atoms with Crippen molar-refractivity contribution < 1.29 is 56.7 Å². The van der Waals surface area contributed by atoms with Gasteiger partial charge in [-0.1, -0.05) is 67.6 Å². The summed E-state index contributed by atoms with van der Waals surface area (Å²) in [5.74, 6) is 0. The van der Waals surface area contributed by atoms with Gasteiger partial charge in [-0.2, -0.15) is 0 Å². The van der Waals surface area contributed by atoms with Crippen LogP contribution < -0.4 is 47.8 Å². The largest absolute Gasteiger partial charge is 3.00 e. The SMILES string of the molecule is CCP(c1ccccc1)c1ccccc1.[Cl-].[Cl-].[Cl-].[Rh+3]. The summed E-state index contributed by atoms with van der Waals surface area (Å²) in [6.45, 7) is 2.27. The van der Waals surface area contributed by atoms with E-state index in [1.54, 1.807) is 0 Å². The first kappa shape index (κ1) is 24.4. The van der Waals surface area contributed by atoms with Gasteiger partial charge in [0.25, 0.3) is 0 Å². The second-order valence-electron chi connectivity index (χ2n) is 3.42.